The molecule has 0 bridgehead atoms. The Hall–Kier alpha value is -1.30. The van der Waals surface area contributed by atoms with Crippen molar-refractivity contribution in [3.63, 3.8) is 0 Å². The number of amides is 2. The van der Waals surface area contributed by atoms with Crippen molar-refractivity contribution in [2.75, 3.05) is 6.54 Å². The quantitative estimate of drug-likeness (QED) is 0.524. The SMILES string of the molecule is CC(C)CCNC(=O)NC(C(=O)O)C(C)O. The number of rotatable bonds is 6. The highest BCUT2D eigenvalue weighted by Crippen LogP contribution is 1.96. The molecule has 2 unspecified atom stereocenters. The summed E-state index contributed by atoms with van der Waals surface area (Å²) < 4.78 is 0. The van der Waals surface area contributed by atoms with Crippen LogP contribution in [0.3, 0.4) is 0 Å². The van der Waals surface area contributed by atoms with Gasteiger partial charge in [0, 0.05) is 6.54 Å². The molecule has 0 aromatic carbocycles. The van der Waals surface area contributed by atoms with E-state index < -0.39 is 24.1 Å². The topological polar surface area (TPSA) is 98.7 Å². The van der Waals surface area contributed by atoms with E-state index in [1.54, 1.807) is 0 Å². The lowest BCUT2D eigenvalue weighted by atomic mass is 10.1. The summed E-state index contributed by atoms with van der Waals surface area (Å²) in [4.78, 5) is 21.9. The van der Waals surface area contributed by atoms with E-state index in [-0.39, 0.29) is 0 Å². The Morgan fingerprint density at radius 1 is 1.25 bits per heavy atom. The maximum absolute atomic E-state index is 11.2. The second-order valence-corrected chi connectivity index (χ2v) is 4.14. The minimum absolute atomic E-state index is 0.465. The Labute approximate surface area is 95.0 Å². The van der Waals surface area contributed by atoms with Crippen molar-refractivity contribution < 1.29 is 19.8 Å². The molecular formula is C10H20N2O4. The van der Waals surface area contributed by atoms with Crippen molar-refractivity contribution in [2.45, 2.75) is 39.3 Å². The van der Waals surface area contributed by atoms with Crippen LogP contribution in [0, 0.1) is 5.92 Å². The van der Waals surface area contributed by atoms with Crippen molar-refractivity contribution in [3.05, 3.63) is 0 Å². The van der Waals surface area contributed by atoms with Gasteiger partial charge in [-0.25, -0.2) is 9.59 Å². The predicted octanol–water partition coefficient (Wildman–Crippen LogP) is 0.166. The molecule has 2 amide bonds. The second kappa shape index (κ2) is 7.05. The molecule has 0 spiro atoms. The number of aliphatic hydroxyl groups excluding tert-OH is 1. The van der Waals surface area contributed by atoms with Gasteiger partial charge in [0.15, 0.2) is 6.04 Å². The van der Waals surface area contributed by atoms with Gasteiger partial charge in [-0.2, -0.15) is 0 Å². The molecule has 0 saturated heterocycles. The van der Waals surface area contributed by atoms with E-state index in [0.29, 0.717) is 12.5 Å². The van der Waals surface area contributed by atoms with Gasteiger partial charge in [-0.05, 0) is 19.3 Å². The molecule has 0 aromatic rings. The maximum atomic E-state index is 11.2. The van der Waals surface area contributed by atoms with Gasteiger partial charge in [0.2, 0.25) is 0 Å². The van der Waals surface area contributed by atoms with E-state index in [9.17, 15) is 9.59 Å². The summed E-state index contributed by atoms with van der Waals surface area (Å²) in [5.74, 6) is -0.790. The number of urea groups is 1. The summed E-state index contributed by atoms with van der Waals surface area (Å²) >= 11 is 0. The van der Waals surface area contributed by atoms with E-state index in [1.807, 2.05) is 13.8 Å². The molecule has 4 N–H and O–H groups in total. The number of carbonyl (C=O) groups is 2. The standard InChI is InChI=1S/C10H20N2O4/c1-6(2)4-5-11-10(16)12-8(7(3)13)9(14)15/h6-8,13H,4-5H2,1-3H3,(H,14,15)(H2,11,12,16). The molecule has 2 atom stereocenters. The van der Waals surface area contributed by atoms with Crippen LogP contribution < -0.4 is 10.6 Å². The van der Waals surface area contributed by atoms with Gasteiger partial charge in [-0.3, -0.25) is 0 Å². The zero-order valence-electron chi connectivity index (χ0n) is 9.86. The van der Waals surface area contributed by atoms with Crippen LogP contribution in [0.4, 0.5) is 4.79 Å². The first-order chi connectivity index (χ1) is 7.34. The fourth-order valence-corrected chi connectivity index (χ4v) is 1.06. The molecule has 6 nitrogen and oxygen atoms in total. The first-order valence-electron chi connectivity index (χ1n) is 5.29. The number of carboxylic acids is 1. The molecule has 94 valence electrons. The van der Waals surface area contributed by atoms with Gasteiger partial charge in [0.05, 0.1) is 6.10 Å². The van der Waals surface area contributed by atoms with Crippen LogP contribution in [0.1, 0.15) is 27.2 Å². The van der Waals surface area contributed by atoms with Crippen molar-refractivity contribution in [2.24, 2.45) is 5.92 Å². The monoisotopic (exact) mass is 232 g/mol. The number of aliphatic hydroxyl groups is 1. The third-order valence-electron chi connectivity index (χ3n) is 2.04. The summed E-state index contributed by atoms with van der Waals surface area (Å²) in [5, 5.41) is 22.5. The van der Waals surface area contributed by atoms with Gasteiger partial charge in [-0.15, -0.1) is 0 Å². The van der Waals surface area contributed by atoms with Crippen LogP contribution in [0.2, 0.25) is 0 Å². The van der Waals surface area contributed by atoms with Gasteiger partial charge in [-0.1, -0.05) is 13.8 Å². The lowest BCUT2D eigenvalue weighted by Gasteiger charge is -2.17. The predicted molar refractivity (Wildman–Crippen MR) is 59.1 cm³/mol. The Morgan fingerprint density at radius 3 is 2.19 bits per heavy atom. The summed E-state index contributed by atoms with van der Waals surface area (Å²) in [6, 6.07) is -1.85. The van der Waals surface area contributed by atoms with E-state index in [0.717, 1.165) is 6.42 Å². The van der Waals surface area contributed by atoms with Gasteiger partial charge in [0.1, 0.15) is 0 Å². The summed E-state index contributed by atoms with van der Waals surface area (Å²) in [7, 11) is 0. The molecule has 0 fully saturated rings. The average Bonchev–Trinajstić information content (AvgIpc) is 2.12. The Morgan fingerprint density at radius 2 is 1.81 bits per heavy atom. The Bertz CT molecular complexity index is 241. The lowest BCUT2D eigenvalue weighted by Crippen LogP contribution is -2.51. The molecule has 0 aliphatic rings. The summed E-state index contributed by atoms with van der Waals surface area (Å²) in [6.07, 6.45) is -0.312. The van der Waals surface area contributed by atoms with Crippen molar-refractivity contribution in [1.29, 1.82) is 0 Å². The molecule has 0 heterocycles. The van der Waals surface area contributed by atoms with Crippen LogP contribution in [0.5, 0.6) is 0 Å². The number of nitrogens with one attached hydrogen (secondary N) is 2. The Kier molecular flexibility index (Phi) is 6.48. The lowest BCUT2D eigenvalue weighted by molar-refractivity contribution is -0.141. The summed E-state index contributed by atoms with van der Waals surface area (Å²) in [5.41, 5.74) is 0. The minimum atomic E-state index is -1.28. The first-order valence-corrected chi connectivity index (χ1v) is 5.29. The number of carboxylic acid groups (broad SMARTS) is 1. The molecule has 0 aliphatic heterocycles. The van der Waals surface area contributed by atoms with Gasteiger partial charge in [0.25, 0.3) is 0 Å². The highest BCUT2D eigenvalue weighted by molar-refractivity contribution is 5.82. The zero-order chi connectivity index (χ0) is 12.7. The Balaban J connectivity index is 3.97. The van der Waals surface area contributed by atoms with Crippen molar-refractivity contribution in [1.82, 2.24) is 10.6 Å². The highest BCUT2D eigenvalue weighted by Gasteiger charge is 2.24. The minimum Gasteiger partial charge on any atom is -0.480 e. The van der Waals surface area contributed by atoms with E-state index in [2.05, 4.69) is 10.6 Å². The van der Waals surface area contributed by atoms with Gasteiger partial charge >= 0.3 is 12.0 Å². The largest absolute Gasteiger partial charge is 0.480 e. The fourth-order valence-electron chi connectivity index (χ4n) is 1.06. The van der Waals surface area contributed by atoms with Crippen LogP contribution in [0.15, 0.2) is 0 Å². The second-order valence-electron chi connectivity index (χ2n) is 4.14. The molecule has 0 aromatic heterocycles. The third-order valence-corrected chi connectivity index (χ3v) is 2.04. The maximum Gasteiger partial charge on any atom is 0.328 e. The van der Waals surface area contributed by atoms with E-state index in [1.165, 1.54) is 6.92 Å². The normalized spacial score (nSPS) is 14.3. The van der Waals surface area contributed by atoms with E-state index >= 15 is 0 Å². The zero-order valence-corrected chi connectivity index (χ0v) is 9.86. The molecule has 16 heavy (non-hydrogen) atoms. The molecule has 0 saturated carbocycles. The highest BCUT2D eigenvalue weighted by atomic mass is 16.4. The molecule has 0 radical (unpaired) electrons. The van der Waals surface area contributed by atoms with Crippen LogP contribution in [0.25, 0.3) is 0 Å². The number of hydrogen-bond acceptors (Lipinski definition) is 3. The smallest absolute Gasteiger partial charge is 0.328 e. The van der Waals surface area contributed by atoms with Crippen molar-refractivity contribution >= 4 is 12.0 Å². The fraction of sp³-hybridized carbons (Fsp3) is 0.800. The van der Waals surface area contributed by atoms with Crippen LogP contribution in [-0.2, 0) is 4.79 Å². The summed E-state index contributed by atoms with van der Waals surface area (Å²) in [6.45, 7) is 5.84. The van der Waals surface area contributed by atoms with Crippen LogP contribution >= 0.6 is 0 Å². The average molecular weight is 232 g/mol. The number of hydrogen-bond donors (Lipinski definition) is 4. The molecule has 6 heteroatoms. The number of carbonyl (C=O) groups excluding carboxylic acids is 1. The third kappa shape index (κ3) is 6.23. The molecular weight excluding hydrogens is 212 g/mol. The van der Waals surface area contributed by atoms with Crippen molar-refractivity contribution in [3.8, 4) is 0 Å². The first kappa shape index (κ1) is 14.7. The molecule has 0 aliphatic carbocycles. The van der Waals surface area contributed by atoms with Gasteiger partial charge < -0.3 is 20.8 Å². The van der Waals surface area contributed by atoms with Crippen LogP contribution in [-0.4, -0.2) is 40.9 Å². The van der Waals surface area contributed by atoms with E-state index in [4.69, 9.17) is 10.2 Å². The molecule has 0 rings (SSSR count). The number of aliphatic carboxylic acids is 1.